The Morgan fingerprint density at radius 3 is 2.72 bits per heavy atom. The number of anilines is 1. The van der Waals surface area contributed by atoms with Crippen molar-refractivity contribution in [1.82, 2.24) is 13.9 Å². The molecule has 10 heteroatoms. The fourth-order valence-electron chi connectivity index (χ4n) is 4.06. The van der Waals surface area contributed by atoms with Crippen LogP contribution in [0.1, 0.15) is 30.5 Å². The largest absolute Gasteiger partial charge is 0.399 e. The second-order valence-electron chi connectivity index (χ2n) is 7.97. The highest BCUT2D eigenvalue weighted by Gasteiger charge is 2.23. The van der Waals surface area contributed by atoms with E-state index in [0.29, 0.717) is 37.1 Å². The van der Waals surface area contributed by atoms with Crippen molar-refractivity contribution in [2.24, 2.45) is 0 Å². The first-order chi connectivity index (χ1) is 15.3. The molecule has 8 nitrogen and oxygen atoms in total. The zero-order valence-electron chi connectivity index (χ0n) is 17.8. The summed E-state index contributed by atoms with van der Waals surface area (Å²) >= 11 is 1.20. The highest BCUT2D eigenvalue weighted by molar-refractivity contribution is 7.91. The summed E-state index contributed by atoms with van der Waals surface area (Å²) in [6.45, 7) is 0.616. The number of aromatic nitrogens is 2. The lowest BCUT2D eigenvalue weighted by atomic mass is 9.97. The number of nitrogens with one attached hydrogen (secondary N) is 1. The first-order valence-corrected chi connectivity index (χ1v) is 12.8. The van der Waals surface area contributed by atoms with E-state index in [2.05, 4.69) is 4.98 Å². The van der Waals surface area contributed by atoms with Gasteiger partial charge in [-0.15, -0.1) is 11.3 Å². The second kappa shape index (κ2) is 9.05. The zero-order chi connectivity index (χ0) is 22.9. The van der Waals surface area contributed by atoms with Gasteiger partial charge in [0.1, 0.15) is 4.21 Å². The van der Waals surface area contributed by atoms with Gasteiger partial charge in [-0.1, -0.05) is 12.1 Å². The number of benzene rings is 1. The highest BCUT2D eigenvalue weighted by atomic mass is 32.2. The maximum atomic E-state index is 13.0. The topological polar surface area (TPSA) is 118 Å². The standard InChI is InChI=1S/C22H26N4O4S2/c1-25(12-5-13-26-18-9-3-2-8-17(18)21(27)24-22(26)28)32(29,30)20-11-10-19(31-20)15-6-4-7-16(23)14-15/h4,6-7,10-11,14H,2-3,5,8-9,12-13,23H2,1H3,(H,24,27,28). The van der Waals surface area contributed by atoms with Gasteiger partial charge in [-0.3, -0.25) is 14.3 Å². The summed E-state index contributed by atoms with van der Waals surface area (Å²) in [5.41, 5.74) is 8.09. The van der Waals surface area contributed by atoms with Crippen LogP contribution in [0.5, 0.6) is 0 Å². The molecule has 1 aliphatic carbocycles. The highest BCUT2D eigenvalue weighted by Crippen LogP contribution is 2.32. The molecule has 0 fully saturated rings. The molecular formula is C22H26N4O4S2. The summed E-state index contributed by atoms with van der Waals surface area (Å²) in [5.74, 6) is 0. The van der Waals surface area contributed by atoms with E-state index in [9.17, 15) is 18.0 Å². The third-order valence-corrected chi connectivity index (χ3v) is 9.23. The van der Waals surface area contributed by atoms with E-state index in [4.69, 9.17) is 5.73 Å². The van der Waals surface area contributed by atoms with Gasteiger partial charge in [0.15, 0.2) is 0 Å². The smallest absolute Gasteiger partial charge is 0.328 e. The van der Waals surface area contributed by atoms with Gasteiger partial charge in [-0.05, 0) is 61.9 Å². The number of fused-ring (bicyclic) bond motifs is 1. The fraction of sp³-hybridized carbons (Fsp3) is 0.364. The van der Waals surface area contributed by atoms with Crippen molar-refractivity contribution in [1.29, 1.82) is 0 Å². The molecule has 170 valence electrons. The number of nitrogens with two attached hydrogens (primary N) is 1. The zero-order valence-corrected chi connectivity index (χ0v) is 19.5. The van der Waals surface area contributed by atoms with Gasteiger partial charge in [0.25, 0.3) is 15.6 Å². The maximum Gasteiger partial charge on any atom is 0.328 e. The number of hydrogen-bond acceptors (Lipinski definition) is 6. The molecular weight excluding hydrogens is 448 g/mol. The van der Waals surface area contributed by atoms with Crippen molar-refractivity contribution in [2.45, 2.75) is 42.9 Å². The molecule has 0 spiro atoms. The Labute approximate surface area is 190 Å². The third-order valence-electron chi connectivity index (χ3n) is 5.78. The first kappa shape index (κ1) is 22.5. The molecule has 1 aromatic carbocycles. The Bertz CT molecular complexity index is 1350. The number of nitrogen functional groups attached to an aromatic ring is 1. The van der Waals surface area contributed by atoms with Crippen molar-refractivity contribution in [3.05, 3.63) is 68.5 Å². The third kappa shape index (κ3) is 4.43. The van der Waals surface area contributed by atoms with Gasteiger partial charge >= 0.3 is 5.69 Å². The molecule has 0 aliphatic heterocycles. The molecule has 2 heterocycles. The Balaban J connectivity index is 1.46. The normalized spacial score (nSPS) is 13.9. The molecule has 0 saturated heterocycles. The first-order valence-electron chi connectivity index (χ1n) is 10.5. The summed E-state index contributed by atoms with van der Waals surface area (Å²) in [5, 5.41) is 0. The number of H-pyrrole nitrogens is 1. The molecule has 2 aromatic heterocycles. The minimum absolute atomic E-state index is 0.258. The SMILES string of the molecule is CN(CCCn1c2c(c(=O)[nH]c1=O)CCCC2)S(=O)(=O)c1ccc(-c2cccc(N)c2)s1. The van der Waals surface area contributed by atoms with E-state index in [1.807, 2.05) is 18.2 Å². The Hall–Kier alpha value is -2.69. The minimum Gasteiger partial charge on any atom is -0.399 e. The van der Waals surface area contributed by atoms with Crippen LogP contribution < -0.4 is 17.0 Å². The van der Waals surface area contributed by atoms with Crippen LogP contribution in [0.3, 0.4) is 0 Å². The number of nitrogens with zero attached hydrogens (tertiary/aromatic N) is 2. The van der Waals surface area contributed by atoms with Crippen LogP contribution >= 0.6 is 11.3 Å². The average molecular weight is 475 g/mol. The number of thiophene rings is 1. The van der Waals surface area contributed by atoms with Crippen molar-refractivity contribution < 1.29 is 8.42 Å². The summed E-state index contributed by atoms with van der Waals surface area (Å²) in [6, 6.07) is 10.7. The van der Waals surface area contributed by atoms with Crippen molar-refractivity contribution in [3.63, 3.8) is 0 Å². The lowest BCUT2D eigenvalue weighted by molar-refractivity contribution is 0.437. The molecule has 0 atom stereocenters. The van der Waals surface area contributed by atoms with Gasteiger partial charge in [-0.2, -0.15) is 0 Å². The van der Waals surface area contributed by atoms with Crippen molar-refractivity contribution in [2.75, 3.05) is 19.3 Å². The molecule has 0 bridgehead atoms. The molecule has 0 amide bonds. The molecule has 0 radical (unpaired) electrons. The predicted octanol–water partition coefficient (Wildman–Crippen LogP) is 2.44. The van der Waals surface area contributed by atoms with Crippen molar-refractivity contribution >= 4 is 27.0 Å². The van der Waals surface area contributed by atoms with Crippen molar-refractivity contribution in [3.8, 4) is 10.4 Å². The van der Waals surface area contributed by atoms with Crippen LogP contribution in [0.2, 0.25) is 0 Å². The predicted molar refractivity (Wildman–Crippen MR) is 127 cm³/mol. The van der Waals surface area contributed by atoms with Crippen LogP contribution in [-0.2, 0) is 29.4 Å². The quantitative estimate of drug-likeness (QED) is 0.510. The van der Waals surface area contributed by atoms with Gasteiger partial charge in [0.05, 0.1) is 0 Å². The van der Waals surface area contributed by atoms with E-state index >= 15 is 0 Å². The Morgan fingerprint density at radius 1 is 1.16 bits per heavy atom. The summed E-state index contributed by atoms with van der Waals surface area (Å²) < 4.78 is 29.2. The summed E-state index contributed by atoms with van der Waals surface area (Å²) in [7, 11) is -2.11. The number of rotatable bonds is 7. The average Bonchev–Trinajstić information content (AvgIpc) is 3.27. The summed E-state index contributed by atoms with van der Waals surface area (Å²) in [6.07, 6.45) is 3.71. The molecule has 1 aliphatic rings. The van der Waals surface area contributed by atoms with Crippen LogP contribution in [-0.4, -0.2) is 35.9 Å². The fourth-order valence-corrected chi connectivity index (χ4v) is 6.78. The molecule has 32 heavy (non-hydrogen) atoms. The monoisotopic (exact) mass is 474 g/mol. The van der Waals surface area contributed by atoms with E-state index in [-0.39, 0.29) is 16.3 Å². The van der Waals surface area contributed by atoms with Gasteiger partial charge in [-0.25, -0.2) is 17.5 Å². The minimum atomic E-state index is -3.65. The van der Waals surface area contributed by atoms with E-state index < -0.39 is 15.7 Å². The van der Waals surface area contributed by atoms with Crippen LogP contribution in [0.15, 0.2) is 50.2 Å². The van der Waals surface area contributed by atoms with Gasteiger partial charge in [0.2, 0.25) is 0 Å². The lowest BCUT2D eigenvalue weighted by Crippen LogP contribution is -2.37. The molecule has 0 saturated carbocycles. The van der Waals surface area contributed by atoms with Gasteiger partial charge < -0.3 is 5.73 Å². The molecule has 3 aromatic rings. The second-order valence-corrected chi connectivity index (χ2v) is 11.3. The van der Waals surface area contributed by atoms with E-state index in [0.717, 1.165) is 29.0 Å². The maximum absolute atomic E-state index is 13.0. The van der Waals surface area contributed by atoms with E-state index in [1.165, 1.54) is 15.6 Å². The van der Waals surface area contributed by atoms with Crippen LogP contribution in [0, 0.1) is 0 Å². The summed E-state index contributed by atoms with van der Waals surface area (Å²) in [4.78, 5) is 27.6. The van der Waals surface area contributed by atoms with Crippen LogP contribution in [0.4, 0.5) is 5.69 Å². The Morgan fingerprint density at radius 2 is 1.94 bits per heavy atom. The molecule has 4 rings (SSSR count). The number of aromatic amines is 1. The molecule has 0 unspecified atom stereocenters. The molecule has 3 N–H and O–H groups in total. The van der Waals surface area contributed by atoms with Crippen LogP contribution in [0.25, 0.3) is 10.4 Å². The number of sulfonamides is 1. The number of hydrogen-bond donors (Lipinski definition) is 2. The lowest BCUT2D eigenvalue weighted by Gasteiger charge is -2.21. The van der Waals surface area contributed by atoms with E-state index in [1.54, 1.807) is 29.8 Å². The van der Waals surface area contributed by atoms with Gasteiger partial charge in [0, 0.05) is 42.0 Å². The Kier molecular flexibility index (Phi) is 6.36.